The van der Waals surface area contributed by atoms with Crippen molar-refractivity contribution in [1.82, 2.24) is 10.9 Å². The van der Waals surface area contributed by atoms with E-state index in [0.717, 1.165) is 12.1 Å². The first-order valence-corrected chi connectivity index (χ1v) is 6.17. The van der Waals surface area contributed by atoms with Crippen LogP contribution in [-0.2, 0) is 0 Å². The van der Waals surface area contributed by atoms with Crippen LogP contribution in [0.3, 0.4) is 0 Å². The Morgan fingerprint density at radius 2 is 2.27 bits per heavy atom. The number of allylic oxidation sites excluding steroid dienone is 1. The van der Waals surface area contributed by atoms with Crippen LogP contribution in [-0.4, -0.2) is 16.5 Å². The number of hydrazine groups is 1. The summed E-state index contributed by atoms with van der Waals surface area (Å²) in [5.41, 5.74) is 11.4. The van der Waals surface area contributed by atoms with Gasteiger partial charge in [0.05, 0.1) is 0 Å². The highest BCUT2D eigenvalue weighted by molar-refractivity contribution is 8.00. The molecular formula is C10H19N3OS. The van der Waals surface area contributed by atoms with E-state index < -0.39 is 6.03 Å². The highest BCUT2D eigenvalue weighted by atomic mass is 32.2. The average molecular weight is 229 g/mol. The number of carbonyl (C=O) groups is 1. The molecule has 0 radical (unpaired) electrons. The third-order valence-corrected chi connectivity index (χ3v) is 4.24. The molecule has 0 aromatic carbocycles. The van der Waals surface area contributed by atoms with Crippen LogP contribution < -0.4 is 16.6 Å². The summed E-state index contributed by atoms with van der Waals surface area (Å²) in [5, 5.41) is 1.07. The summed E-state index contributed by atoms with van der Waals surface area (Å²) in [6, 6.07) is -0.554. The van der Waals surface area contributed by atoms with E-state index in [-0.39, 0.29) is 0 Å². The van der Waals surface area contributed by atoms with Crippen molar-refractivity contribution in [3.8, 4) is 0 Å². The number of thioether (sulfide) groups is 1. The normalized spacial score (nSPS) is 30.6. The van der Waals surface area contributed by atoms with Crippen molar-refractivity contribution >= 4 is 17.8 Å². The fourth-order valence-electron chi connectivity index (χ4n) is 1.78. The van der Waals surface area contributed by atoms with Crippen LogP contribution in [0.4, 0.5) is 4.79 Å². The van der Waals surface area contributed by atoms with Crippen molar-refractivity contribution in [2.24, 2.45) is 11.7 Å². The van der Waals surface area contributed by atoms with Crippen molar-refractivity contribution < 1.29 is 4.79 Å². The molecule has 2 amide bonds. The van der Waals surface area contributed by atoms with Gasteiger partial charge < -0.3 is 11.2 Å². The van der Waals surface area contributed by atoms with E-state index in [4.69, 9.17) is 5.73 Å². The smallest absolute Gasteiger partial charge is 0.330 e. The number of carbonyl (C=O) groups excluding carboxylic acids is 1. The zero-order chi connectivity index (χ0) is 11.4. The van der Waals surface area contributed by atoms with Crippen LogP contribution in [0.1, 0.15) is 27.2 Å². The topological polar surface area (TPSA) is 67.2 Å². The quantitative estimate of drug-likeness (QED) is 0.644. The first-order valence-electron chi connectivity index (χ1n) is 5.23. The first kappa shape index (κ1) is 12.2. The van der Waals surface area contributed by atoms with Crippen LogP contribution >= 0.6 is 11.8 Å². The van der Waals surface area contributed by atoms with Gasteiger partial charge in [-0.05, 0) is 13.3 Å². The van der Waals surface area contributed by atoms with Gasteiger partial charge in [-0.25, -0.2) is 4.79 Å². The SMILES string of the molecule is CC[C@@H]1S[C@@H](C)C=C(NNC(N)=O)[C@@H]1C. The minimum atomic E-state index is -0.554. The molecule has 86 valence electrons. The van der Waals surface area contributed by atoms with Gasteiger partial charge in [-0.1, -0.05) is 19.9 Å². The zero-order valence-corrected chi connectivity index (χ0v) is 10.2. The van der Waals surface area contributed by atoms with E-state index in [2.05, 4.69) is 37.7 Å². The third kappa shape index (κ3) is 3.34. The molecule has 0 fully saturated rings. The van der Waals surface area contributed by atoms with Crippen molar-refractivity contribution in [3.63, 3.8) is 0 Å². The Kier molecular flexibility index (Phi) is 4.32. The maximum absolute atomic E-state index is 10.6. The minimum absolute atomic E-state index is 0.419. The molecule has 3 atom stereocenters. The van der Waals surface area contributed by atoms with E-state index in [1.165, 1.54) is 0 Å². The van der Waals surface area contributed by atoms with Gasteiger partial charge in [0.2, 0.25) is 0 Å². The average Bonchev–Trinajstić information content (AvgIpc) is 2.18. The summed E-state index contributed by atoms with van der Waals surface area (Å²) in [6.07, 6.45) is 3.27. The maximum Gasteiger partial charge on any atom is 0.330 e. The predicted octanol–water partition coefficient (Wildman–Crippen LogP) is 1.59. The number of nitrogens with two attached hydrogens (primary N) is 1. The summed E-state index contributed by atoms with van der Waals surface area (Å²) in [7, 11) is 0. The Balaban J connectivity index is 2.63. The molecular weight excluding hydrogens is 210 g/mol. The molecule has 0 bridgehead atoms. The molecule has 0 unspecified atom stereocenters. The highest BCUT2D eigenvalue weighted by Gasteiger charge is 2.26. The van der Waals surface area contributed by atoms with Gasteiger partial charge in [0.1, 0.15) is 0 Å². The molecule has 4 N–H and O–H groups in total. The van der Waals surface area contributed by atoms with Gasteiger partial charge in [0.25, 0.3) is 0 Å². The fraction of sp³-hybridized carbons (Fsp3) is 0.700. The highest BCUT2D eigenvalue weighted by Crippen LogP contribution is 2.35. The summed E-state index contributed by atoms with van der Waals surface area (Å²) >= 11 is 1.97. The van der Waals surface area contributed by atoms with E-state index in [9.17, 15) is 4.79 Å². The van der Waals surface area contributed by atoms with Gasteiger partial charge in [-0.15, -0.1) is 0 Å². The van der Waals surface area contributed by atoms with Crippen LogP contribution in [0, 0.1) is 5.92 Å². The predicted molar refractivity (Wildman–Crippen MR) is 64.2 cm³/mol. The molecule has 0 saturated heterocycles. The van der Waals surface area contributed by atoms with Gasteiger partial charge >= 0.3 is 6.03 Å². The molecule has 5 heteroatoms. The largest absolute Gasteiger partial charge is 0.350 e. The number of hydrogen-bond donors (Lipinski definition) is 3. The van der Waals surface area contributed by atoms with E-state index >= 15 is 0 Å². The Bertz CT molecular complexity index is 267. The lowest BCUT2D eigenvalue weighted by Crippen LogP contribution is -2.44. The lowest BCUT2D eigenvalue weighted by Gasteiger charge is -2.32. The second-order valence-corrected chi connectivity index (χ2v) is 5.43. The molecule has 0 aliphatic carbocycles. The van der Waals surface area contributed by atoms with Crippen LogP contribution in [0.25, 0.3) is 0 Å². The lowest BCUT2D eigenvalue weighted by atomic mass is 10.00. The zero-order valence-electron chi connectivity index (χ0n) is 9.41. The molecule has 0 aromatic heterocycles. The van der Waals surface area contributed by atoms with E-state index in [1.54, 1.807) is 0 Å². The van der Waals surface area contributed by atoms with Crippen LogP contribution in [0.2, 0.25) is 0 Å². The molecule has 0 spiro atoms. The Hall–Kier alpha value is -0.840. The maximum atomic E-state index is 10.6. The van der Waals surface area contributed by atoms with E-state index in [0.29, 0.717) is 16.4 Å². The molecule has 0 saturated carbocycles. The third-order valence-electron chi connectivity index (χ3n) is 2.58. The van der Waals surface area contributed by atoms with Crippen molar-refractivity contribution in [2.45, 2.75) is 37.7 Å². The van der Waals surface area contributed by atoms with Crippen molar-refractivity contribution in [2.75, 3.05) is 0 Å². The Labute approximate surface area is 95.0 Å². The molecule has 1 aliphatic heterocycles. The van der Waals surface area contributed by atoms with Gasteiger partial charge in [-0.2, -0.15) is 11.8 Å². The number of rotatable bonds is 3. The number of nitrogens with one attached hydrogen (secondary N) is 2. The molecule has 1 rings (SSSR count). The van der Waals surface area contributed by atoms with Crippen LogP contribution in [0.15, 0.2) is 11.8 Å². The number of amides is 2. The van der Waals surface area contributed by atoms with Crippen molar-refractivity contribution in [3.05, 3.63) is 11.8 Å². The number of hydrogen-bond acceptors (Lipinski definition) is 3. The first-order chi connectivity index (χ1) is 7.04. The number of primary amides is 1. The summed E-state index contributed by atoms with van der Waals surface area (Å²) in [4.78, 5) is 10.6. The van der Waals surface area contributed by atoms with Gasteiger partial charge in [0.15, 0.2) is 0 Å². The molecule has 4 nitrogen and oxygen atoms in total. The van der Waals surface area contributed by atoms with Crippen LogP contribution in [0.5, 0.6) is 0 Å². The standard InChI is InChI=1S/C10H19N3OS/c1-4-9-7(3)8(5-6(2)15-9)12-13-10(11)14/h5-7,9,12H,4H2,1-3H3,(H3,11,13,14)/t6-,7-,9-/m0/s1. The Morgan fingerprint density at radius 3 is 2.80 bits per heavy atom. The molecule has 0 aromatic rings. The Morgan fingerprint density at radius 1 is 1.60 bits per heavy atom. The summed E-state index contributed by atoms with van der Waals surface area (Å²) in [6.45, 7) is 6.51. The second kappa shape index (κ2) is 5.30. The second-order valence-electron chi connectivity index (χ2n) is 3.81. The fourth-order valence-corrected chi connectivity index (χ4v) is 3.13. The molecule has 1 heterocycles. The monoisotopic (exact) mass is 229 g/mol. The van der Waals surface area contributed by atoms with Crippen molar-refractivity contribution in [1.29, 1.82) is 0 Å². The van der Waals surface area contributed by atoms with E-state index in [1.807, 2.05) is 11.8 Å². The molecule has 15 heavy (non-hydrogen) atoms. The lowest BCUT2D eigenvalue weighted by molar-refractivity contribution is 0.245. The molecule has 1 aliphatic rings. The van der Waals surface area contributed by atoms with Gasteiger partial charge in [0, 0.05) is 22.1 Å². The minimum Gasteiger partial charge on any atom is -0.350 e. The summed E-state index contributed by atoms with van der Waals surface area (Å²) in [5.74, 6) is 0.419. The van der Waals surface area contributed by atoms with Gasteiger partial charge in [-0.3, -0.25) is 5.43 Å². The summed E-state index contributed by atoms with van der Waals surface area (Å²) < 4.78 is 0. The number of urea groups is 1.